The van der Waals surface area contributed by atoms with E-state index in [0.29, 0.717) is 23.4 Å². The number of hydrogen-bond donors (Lipinski definition) is 2. The average Bonchev–Trinajstić information content (AvgIpc) is 2.64. The van der Waals surface area contributed by atoms with Gasteiger partial charge in [-0.15, -0.1) is 0 Å². The molecule has 0 unspecified atom stereocenters. The topological polar surface area (TPSA) is 95.6 Å². The van der Waals surface area contributed by atoms with Crippen LogP contribution in [-0.2, 0) is 21.2 Å². The largest absolute Gasteiger partial charge is 0.347 e. The van der Waals surface area contributed by atoms with Crippen LogP contribution in [0.25, 0.3) is 0 Å². The number of amides is 2. The second-order valence-electron chi connectivity index (χ2n) is 8.05. The number of hydrogen-bond acceptors (Lipinski definition) is 4. The maximum absolute atomic E-state index is 12.8. The molecule has 0 bridgehead atoms. The summed E-state index contributed by atoms with van der Waals surface area (Å²) >= 11 is 0. The molecule has 0 aliphatic heterocycles. The minimum Gasteiger partial charge on any atom is -0.347 e. The van der Waals surface area contributed by atoms with E-state index in [1.807, 2.05) is 39.8 Å². The lowest BCUT2D eigenvalue weighted by molar-refractivity contribution is -0.114. The Kier molecular flexibility index (Phi) is 7.25. The number of anilines is 2. The lowest BCUT2D eigenvalue weighted by Crippen LogP contribution is -2.41. The van der Waals surface area contributed by atoms with Crippen LogP contribution in [0.2, 0.25) is 0 Å². The van der Waals surface area contributed by atoms with E-state index in [2.05, 4.69) is 10.6 Å². The molecular formula is C22H29N3O4S. The Bertz CT molecular complexity index is 1030. The summed E-state index contributed by atoms with van der Waals surface area (Å²) in [4.78, 5) is 25.3. The van der Waals surface area contributed by atoms with Crippen molar-refractivity contribution in [1.29, 1.82) is 0 Å². The molecule has 0 aliphatic carbocycles. The molecule has 0 aliphatic rings. The summed E-state index contributed by atoms with van der Waals surface area (Å²) < 4.78 is 25.9. The number of rotatable bonds is 7. The van der Waals surface area contributed by atoms with Gasteiger partial charge >= 0.3 is 0 Å². The Morgan fingerprint density at radius 3 is 2.20 bits per heavy atom. The maximum atomic E-state index is 12.8. The molecule has 7 nitrogen and oxygen atoms in total. The SMILES string of the molecule is CCc1ccccc1N(CC(=O)Nc1ccccc1C(=O)NC(C)(C)C)S(C)(=O)=O. The van der Waals surface area contributed by atoms with Crippen LogP contribution in [-0.4, -0.2) is 38.6 Å². The lowest BCUT2D eigenvalue weighted by atomic mass is 10.1. The molecule has 162 valence electrons. The molecule has 2 aromatic rings. The van der Waals surface area contributed by atoms with Gasteiger partial charge in [0.2, 0.25) is 15.9 Å². The fraction of sp³-hybridized carbons (Fsp3) is 0.364. The van der Waals surface area contributed by atoms with Gasteiger partial charge in [0.05, 0.1) is 23.2 Å². The van der Waals surface area contributed by atoms with Gasteiger partial charge in [0.1, 0.15) is 6.54 Å². The van der Waals surface area contributed by atoms with Crippen LogP contribution in [0.4, 0.5) is 11.4 Å². The first-order valence-electron chi connectivity index (χ1n) is 9.69. The standard InChI is InChI=1S/C22H29N3O4S/c1-6-16-11-7-10-14-19(16)25(30(5,28)29)15-20(26)23-18-13-9-8-12-17(18)21(27)24-22(2,3)4/h7-14H,6,15H2,1-5H3,(H,23,26)(H,24,27). The zero-order chi connectivity index (χ0) is 22.5. The minimum atomic E-state index is -3.70. The van der Waals surface area contributed by atoms with Gasteiger partial charge in [-0.3, -0.25) is 13.9 Å². The highest BCUT2D eigenvalue weighted by molar-refractivity contribution is 7.92. The second kappa shape index (κ2) is 9.30. The van der Waals surface area contributed by atoms with Crippen LogP contribution < -0.4 is 14.9 Å². The summed E-state index contributed by atoms with van der Waals surface area (Å²) in [6.45, 7) is 7.11. The van der Waals surface area contributed by atoms with E-state index in [9.17, 15) is 18.0 Å². The number of carbonyl (C=O) groups is 2. The molecule has 0 radical (unpaired) electrons. The first-order chi connectivity index (χ1) is 13.9. The Morgan fingerprint density at radius 2 is 1.60 bits per heavy atom. The van der Waals surface area contributed by atoms with Crippen molar-refractivity contribution in [2.75, 3.05) is 22.4 Å². The van der Waals surface area contributed by atoms with Gasteiger partial charge in [-0.1, -0.05) is 37.3 Å². The van der Waals surface area contributed by atoms with Crippen LogP contribution in [0.3, 0.4) is 0 Å². The Balaban J connectivity index is 2.28. The van der Waals surface area contributed by atoms with Crippen molar-refractivity contribution in [3.8, 4) is 0 Å². The van der Waals surface area contributed by atoms with Gasteiger partial charge in [0.25, 0.3) is 5.91 Å². The minimum absolute atomic E-state index is 0.306. The first kappa shape index (κ1) is 23.4. The third-order valence-electron chi connectivity index (χ3n) is 4.26. The van der Waals surface area contributed by atoms with E-state index in [-0.39, 0.29) is 5.91 Å². The summed E-state index contributed by atoms with van der Waals surface area (Å²) in [7, 11) is -3.70. The zero-order valence-corrected chi connectivity index (χ0v) is 18.8. The van der Waals surface area contributed by atoms with Gasteiger partial charge in [-0.2, -0.15) is 0 Å². The molecule has 30 heavy (non-hydrogen) atoms. The molecule has 0 saturated heterocycles. The fourth-order valence-corrected chi connectivity index (χ4v) is 3.84. The van der Waals surface area contributed by atoms with Crippen molar-refractivity contribution in [3.05, 3.63) is 59.7 Å². The molecule has 0 fully saturated rings. The van der Waals surface area contributed by atoms with Crippen molar-refractivity contribution in [2.45, 2.75) is 39.7 Å². The number of aryl methyl sites for hydroxylation is 1. The van der Waals surface area contributed by atoms with Crippen LogP contribution in [0, 0.1) is 0 Å². The zero-order valence-electron chi connectivity index (χ0n) is 18.0. The second-order valence-corrected chi connectivity index (χ2v) is 9.96. The van der Waals surface area contributed by atoms with Crippen molar-refractivity contribution >= 4 is 33.2 Å². The molecular weight excluding hydrogens is 402 g/mol. The molecule has 2 amide bonds. The van der Waals surface area contributed by atoms with E-state index in [4.69, 9.17) is 0 Å². The normalized spacial score (nSPS) is 11.6. The molecule has 2 aromatic carbocycles. The highest BCUT2D eigenvalue weighted by Crippen LogP contribution is 2.24. The summed E-state index contributed by atoms with van der Waals surface area (Å²) in [6.07, 6.45) is 1.69. The number of para-hydroxylation sites is 2. The predicted molar refractivity (Wildman–Crippen MR) is 120 cm³/mol. The third-order valence-corrected chi connectivity index (χ3v) is 5.39. The maximum Gasteiger partial charge on any atom is 0.253 e. The molecule has 0 saturated carbocycles. The van der Waals surface area contributed by atoms with Gasteiger partial charge < -0.3 is 10.6 Å². The molecule has 0 spiro atoms. The molecule has 2 N–H and O–H groups in total. The van der Waals surface area contributed by atoms with Crippen LogP contribution in [0.15, 0.2) is 48.5 Å². The fourth-order valence-electron chi connectivity index (χ4n) is 2.95. The van der Waals surface area contributed by atoms with E-state index < -0.39 is 28.0 Å². The monoisotopic (exact) mass is 431 g/mol. The number of benzene rings is 2. The summed E-state index contributed by atoms with van der Waals surface area (Å²) in [5, 5.41) is 5.54. The molecule has 2 rings (SSSR count). The van der Waals surface area contributed by atoms with Crippen molar-refractivity contribution in [1.82, 2.24) is 5.32 Å². The van der Waals surface area contributed by atoms with Gasteiger partial charge in [0.15, 0.2) is 0 Å². The predicted octanol–water partition coefficient (Wildman–Crippen LogP) is 3.18. The van der Waals surface area contributed by atoms with Gasteiger partial charge in [0, 0.05) is 5.54 Å². The van der Waals surface area contributed by atoms with Crippen LogP contribution in [0.1, 0.15) is 43.6 Å². The van der Waals surface area contributed by atoms with Crippen LogP contribution >= 0.6 is 0 Å². The Hall–Kier alpha value is -2.87. The lowest BCUT2D eigenvalue weighted by Gasteiger charge is -2.25. The Labute approximate surface area is 178 Å². The van der Waals surface area contributed by atoms with E-state index in [1.54, 1.807) is 36.4 Å². The van der Waals surface area contributed by atoms with E-state index >= 15 is 0 Å². The third kappa shape index (κ3) is 6.32. The average molecular weight is 432 g/mol. The highest BCUT2D eigenvalue weighted by atomic mass is 32.2. The summed E-state index contributed by atoms with van der Waals surface area (Å²) in [6, 6.07) is 13.7. The Morgan fingerprint density at radius 1 is 1.00 bits per heavy atom. The first-order valence-corrected chi connectivity index (χ1v) is 11.5. The number of nitrogens with zero attached hydrogens (tertiary/aromatic N) is 1. The summed E-state index contributed by atoms with van der Waals surface area (Å²) in [5.74, 6) is -0.864. The highest BCUT2D eigenvalue weighted by Gasteiger charge is 2.24. The van der Waals surface area contributed by atoms with Crippen LogP contribution in [0.5, 0.6) is 0 Å². The van der Waals surface area contributed by atoms with E-state index in [0.717, 1.165) is 16.1 Å². The number of nitrogens with one attached hydrogen (secondary N) is 2. The molecule has 8 heteroatoms. The van der Waals surface area contributed by atoms with Crippen molar-refractivity contribution in [3.63, 3.8) is 0 Å². The molecule has 0 atom stereocenters. The smallest absolute Gasteiger partial charge is 0.253 e. The van der Waals surface area contributed by atoms with Gasteiger partial charge in [-0.25, -0.2) is 8.42 Å². The van der Waals surface area contributed by atoms with Crippen molar-refractivity contribution < 1.29 is 18.0 Å². The molecule has 0 aromatic heterocycles. The van der Waals surface area contributed by atoms with Crippen molar-refractivity contribution in [2.24, 2.45) is 0 Å². The van der Waals surface area contributed by atoms with Gasteiger partial charge in [-0.05, 0) is 51.0 Å². The molecule has 0 heterocycles. The summed E-state index contributed by atoms with van der Waals surface area (Å²) in [5.41, 5.74) is 1.48. The quantitative estimate of drug-likeness (QED) is 0.704. The number of sulfonamides is 1. The number of carbonyl (C=O) groups excluding carboxylic acids is 2. The van der Waals surface area contributed by atoms with E-state index in [1.165, 1.54) is 0 Å².